The molecule has 94 valence electrons. The average Bonchev–Trinajstić information content (AvgIpc) is 2.23. The summed E-state index contributed by atoms with van der Waals surface area (Å²) in [6.45, 7) is 2.11. The predicted octanol–water partition coefficient (Wildman–Crippen LogP) is 3.59. The molecule has 2 N–H and O–H groups in total. The number of phenols is 1. The van der Waals surface area contributed by atoms with Gasteiger partial charge in [-0.05, 0) is 48.4 Å². The van der Waals surface area contributed by atoms with Crippen LogP contribution < -0.4 is 5.32 Å². The minimum absolute atomic E-state index is 0.123. The van der Waals surface area contributed by atoms with E-state index in [2.05, 4.69) is 5.32 Å². The summed E-state index contributed by atoms with van der Waals surface area (Å²) >= 11 is 0. The Bertz CT molecular complexity index is 478. The second kappa shape index (κ2) is 5.04. The number of aryl methyl sites for hydroxylation is 1. The molecule has 0 amide bonds. The highest BCUT2D eigenvalue weighted by Gasteiger charge is 2.01. The Morgan fingerprint density at radius 1 is 1.00 bits per heavy atom. The van der Waals surface area contributed by atoms with E-state index in [1.165, 1.54) is 24.3 Å². The van der Waals surface area contributed by atoms with Gasteiger partial charge in [-0.15, -0.1) is 0 Å². The minimum atomic E-state index is -0.498. The molecular formula is C14H13F2NO. The number of rotatable bonds is 3. The molecule has 18 heavy (non-hydrogen) atoms. The van der Waals surface area contributed by atoms with E-state index in [9.17, 15) is 13.9 Å². The second-order valence-corrected chi connectivity index (χ2v) is 4.19. The van der Waals surface area contributed by atoms with Crippen molar-refractivity contribution in [2.24, 2.45) is 0 Å². The Morgan fingerprint density at radius 3 is 2.39 bits per heavy atom. The zero-order chi connectivity index (χ0) is 13.1. The van der Waals surface area contributed by atoms with Gasteiger partial charge in [-0.3, -0.25) is 0 Å². The normalized spacial score (nSPS) is 10.4. The summed E-state index contributed by atoms with van der Waals surface area (Å²) in [5.41, 5.74) is 2.02. The second-order valence-electron chi connectivity index (χ2n) is 4.19. The number of benzene rings is 2. The zero-order valence-corrected chi connectivity index (χ0v) is 9.87. The summed E-state index contributed by atoms with van der Waals surface area (Å²) in [6.07, 6.45) is 0. The van der Waals surface area contributed by atoms with E-state index in [0.717, 1.165) is 11.6 Å². The summed E-state index contributed by atoms with van der Waals surface area (Å²) in [6, 6.07) is 8.41. The Kier molecular flexibility index (Phi) is 3.46. The van der Waals surface area contributed by atoms with Crippen LogP contribution >= 0.6 is 0 Å². The largest absolute Gasteiger partial charge is 0.508 e. The van der Waals surface area contributed by atoms with Crippen molar-refractivity contribution in [2.45, 2.75) is 13.5 Å². The summed E-state index contributed by atoms with van der Waals surface area (Å²) < 4.78 is 26.2. The monoisotopic (exact) mass is 249 g/mol. The highest BCUT2D eigenvalue weighted by atomic mass is 19.1. The fourth-order valence-corrected chi connectivity index (χ4v) is 1.78. The Morgan fingerprint density at radius 2 is 1.72 bits per heavy atom. The molecule has 0 heterocycles. The van der Waals surface area contributed by atoms with Crippen molar-refractivity contribution in [3.63, 3.8) is 0 Å². The lowest BCUT2D eigenvalue weighted by Crippen LogP contribution is -2.00. The summed E-state index contributed by atoms with van der Waals surface area (Å²) in [4.78, 5) is 0. The molecule has 0 fully saturated rings. The van der Waals surface area contributed by atoms with Crippen molar-refractivity contribution in [3.05, 3.63) is 59.2 Å². The van der Waals surface area contributed by atoms with Crippen LogP contribution in [-0.4, -0.2) is 5.11 Å². The van der Waals surface area contributed by atoms with Crippen LogP contribution in [0.4, 0.5) is 14.5 Å². The van der Waals surface area contributed by atoms with Crippen LogP contribution in [0.2, 0.25) is 0 Å². The number of hydrogen-bond acceptors (Lipinski definition) is 2. The standard InChI is InChI=1S/C14H13F2NO/c1-9-2-11(15)6-13(3-9)17-8-10-4-12(16)7-14(18)5-10/h2-7,17-18H,8H2,1H3. The average molecular weight is 249 g/mol. The van der Waals surface area contributed by atoms with Crippen LogP contribution in [0.15, 0.2) is 36.4 Å². The summed E-state index contributed by atoms with van der Waals surface area (Å²) in [7, 11) is 0. The van der Waals surface area contributed by atoms with E-state index >= 15 is 0 Å². The number of halogens is 2. The van der Waals surface area contributed by atoms with Crippen molar-refractivity contribution < 1.29 is 13.9 Å². The molecule has 0 bridgehead atoms. The minimum Gasteiger partial charge on any atom is -0.508 e. The van der Waals surface area contributed by atoms with Gasteiger partial charge in [0.25, 0.3) is 0 Å². The molecule has 0 aliphatic rings. The van der Waals surface area contributed by atoms with Crippen molar-refractivity contribution in [2.75, 3.05) is 5.32 Å². The molecule has 0 radical (unpaired) electrons. The van der Waals surface area contributed by atoms with Gasteiger partial charge in [-0.1, -0.05) is 0 Å². The number of nitrogens with one attached hydrogen (secondary N) is 1. The van der Waals surface area contributed by atoms with Crippen molar-refractivity contribution in [1.29, 1.82) is 0 Å². The third-order valence-corrected chi connectivity index (χ3v) is 2.48. The first-order chi connectivity index (χ1) is 8.52. The third kappa shape index (κ3) is 3.20. The molecule has 0 aliphatic carbocycles. The van der Waals surface area contributed by atoms with E-state index in [4.69, 9.17) is 0 Å². The zero-order valence-electron chi connectivity index (χ0n) is 9.87. The first-order valence-corrected chi connectivity index (χ1v) is 5.52. The SMILES string of the molecule is Cc1cc(F)cc(NCc2cc(O)cc(F)c2)c1. The van der Waals surface area contributed by atoms with Gasteiger partial charge in [0.05, 0.1) is 0 Å². The van der Waals surface area contributed by atoms with Crippen LogP contribution in [0.3, 0.4) is 0 Å². The van der Waals surface area contributed by atoms with E-state index in [0.29, 0.717) is 17.8 Å². The quantitative estimate of drug-likeness (QED) is 0.871. The molecule has 2 aromatic rings. The molecule has 2 rings (SSSR count). The van der Waals surface area contributed by atoms with Gasteiger partial charge in [0.15, 0.2) is 0 Å². The van der Waals surface area contributed by atoms with Gasteiger partial charge in [0, 0.05) is 18.3 Å². The first-order valence-electron chi connectivity index (χ1n) is 5.52. The van der Waals surface area contributed by atoms with Crippen molar-refractivity contribution in [3.8, 4) is 5.75 Å². The van der Waals surface area contributed by atoms with Crippen molar-refractivity contribution >= 4 is 5.69 Å². The summed E-state index contributed by atoms with van der Waals surface area (Å²) in [5.74, 6) is -0.941. The fourth-order valence-electron chi connectivity index (χ4n) is 1.78. The molecule has 0 unspecified atom stereocenters. The van der Waals surface area contributed by atoms with Crippen molar-refractivity contribution in [1.82, 2.24) is 0 Å². The Balaban J connectivity index is 2.11. The van der Waals surface area contributed by atoms with E-state index in [1.54, 1.807) is 13.0 Å². The van der Waals surface area contributed by atoms with Gasteiger partial charge in [0.1, 0.15) is 17.4 Å². The molecule has 0 aliphatic heterocycles. The number of hydrogen-bond donors (Lipinski definition) is 2. The fraction of sp³-hybridized carbons (Fsp3) is 0.143. The highest BCUT2D eigenvalue weighted by Crippen LogP contribution is 2.17. The van der Waals surface area contributed by atoms with Crippen LogP contribution in [0, 0.1) is 18.6 Å². The van der Waals surface area contributed by atoms with E-state index in [1.807, 2.05) is 0 Å². The van der Waals surface area contributed by atoms with E-state index < -0.39 is 5.82 Å². The van der Waals surface area contributed by atoms with Crippen LogP contribution in [0.1, 0.15) is 11.1 Å². The molecule has 0 spiro atoms. The van der Waals surface area contributed by atoms with Gasteiger partial charge >= 0.3 is 0 Å². The van der Waals surface area contributed by atoms with Crippen LogP contribution in [-0.2, 0) is 6.54 Å². The lowest BCUT2D eigenvalue weighted by Gasteiger charge is -2.08. The maximum Gasteiger partial charge on any atom is 0.127 e. The first kappa shape index (κ1) is 12.4. The Labute approximate surface area is 104 Å². The van der Waals surface area contributed by atoms with E-state index in [-0.39, 0.29) is 11.6 Å². The molecule has 0 atom stereocenters. The molecule has 0 aromatic heterocycles. The molecule has 2 nitrogen and oxygen atoms in total. The lowest BCUT2D eigenvalue weighted by molar-refractivity contribution is 0.468. The highest BCUT2D eigenvalue weighted by molar-refractivity contribution is 5.46. The number of aromatic hydroxyl groups is 1. The van der Waals surface area contributed by atoms with Gasteiger partial charge in [0.2, 0.25) is 0 Å². The Hall–Kier alpha value is -2.10. The third-order valence-electron chi connectivity index (χ3n) is 2.48. The molecule has 0 saturated carbocycles. The maximum atomic E-state index is 13.1. The van der Waals surface area contributed by atoms with Gasteiger partial charge in [-0.25, -0.2) is 8.78 Å². The smallest absolute Gasteiger partial charge is 0.127 e. The van der Waals surface area contributed by atoms with Gasteiger partial charge in [-0.2, -0.15) is 0 Å². The van der Waals surface area contributed by atoms with Gasteiger partial charge < -0.3 is 10.4 Å². The number of anilines is 1. The number of phenolic OH excluding ortho intramolecular Hbond substituents is 1. The van der Waals surface area contributed by atoms with Crippen LogP contribution in [0.5, 0.6) is 5.75 Å². The predicted molar refractivity (Wildman–Crippen MR) is 66.5 cm³/mol. The molecule has 2 aromatic carbocycles. The summed E-state index contributed by atoms with van der Waals surface area (Å²) in [5, 5.41) is 12.2. The molecular weight excluding hydrogens is 236 g/mol. The molecule has 4 heteroatoms. The lowest BCUT2D eigenvalue weighted by atomic mass is 10.2. The maximum absolute atomic E-state index is 13.1. The van der Waals surface area contributed by atoms with Crippen LogP contribution in [0.25, 0.3) is 0 Å². The molecule has 0 saturated heterocycles. The topological polar surface area (TPSA) is 32.3 Å².